The Bertz CT molecular complexity index is 372. The predicted molar refractivity (Wildman–Crippen MR) is 61.6 cm³/mol. The van der Waals surface area contributed by atoms with Crippen LogP contribution in [-0.4, -0.2) is 19.1 Å². The normalized spacial score (nSPS) is 16.4. The van der Waals surface area contributed by atoms with Crippen LogP contribution in [0.3, 0.4) is 0 Å². The third kappa shape index (κ3) is 1.92. The third-order valence-electron chi connectivity index (χ3n) is 2.54. The molecular weight excluding hydrogens is 212 g/mol. The topological polar surface area (TPSA) is 32.3 Å². The lowest BCUT2D eigenvalue weighted by molar-refractivity contribution is 0.243. The molecule has 1 aliphatic heterocycles. The molecule has 0 aromatic heterocycles. The summed E-state index contributed by atoms with van der Waals surface area (Å²) in [6.45, 7) is 3.44. The minimum absolute atomic E-state index is 0.0579. The number of rotatable bonds is 1. The maximum Gasteiger partial charge on any atom is 0.321 e. The number of para-hydroxylation sites is 1. The van der Waals surface area contributed by atoms with Gasteiger partial charge in [0.05, 0.1) is 10.7 Å². The lowest BCUT2D eigenvalue weighted by Gasteiger charge is -2.29. The summed E-state index contributed by atoms with van der Waals surface area (Å²) >= 11 is 6.11. The first-order valence-electron chi connectivity index (χ1n) is 5.00. The van der Waals surface area contributed by atoms with E-state index in [4.69, 9.17) is 11.6 Å². The molecule has 80 valence electrons. The van der Waals surface area contributed by atoms with Gasteiger partial charge in [-0.2, -0.15) is 0 Å². The van der Waals surface area contributed by atoms with Crippen molar-refractivity contribution in [3.63, 3.8) is 0 Å². The van der Waals surface area contributed by atoms with Gasteiger partial charge in [0.2, 0.25) is 0 Å². The second kappa shape index (κ2) is 4.11. The Labute approximate surface area is 94.0 Å². The van der Waals surface area contributed by atoms with E-state index in [1.54, 1.807) is 4.90 Å². The Hall–Kier alpha value is -1.22. The zero-order chi connectivity index (χ0) is 10.8. The van der Waals surface area contributed by atoms with E-state index in [0.717, 1.165) is 30.8 Å². The van der Waals surface area contributed by atoms with Crippen LogP contribution < -0.4 is 10.2 Å². The van der Waals surface area contributed by atoms with E-state index in [2.05, 4.69) is 5.32 Å². The smallest absolute Gasteiger partial charge is 0.321 e. The van der Waals surface area contributed by atoms with E-state index < -0.39 is 0 Å². The minimum Gasteiger partial charge on any atom is -0.338 e. The number of urea groups is 1. The molecule has 0 saturated carbocycles. The van der Waals surface area contributed by atoms with Gasteiger partial charge in [0, 0.05) is 13.1 Å². The number of carbonyl (C=O) groups excluding carboxylic acids is 1. The fourth-order valence-electron chi connectivity index (χ4n) is 1.81. The molecule has 0 spiro atoms. The number of amides is 2. The second-order valence-corrected chi connectivity index (χ2v) is 4.05. The number of halogens is 1. The average Bonchev–Trinajstić information content (AvgIpc) is 2.20. The zero-order valence-electron chi connectivity index (χ0n) is 8.59. The Kier molecular flexibility index (Phi) is 2.82. The maximum atomic E-state index is 11.7. The van der Waals surface area contributed by atoms with Crippen molar-refractivity contribution in [2.45, 2.75) is 13.3 Å². The maximum absolute atomic E-state index is 11.7. The summed E-state index contributed by atoms with van der Waals surface area (Å²) < 4.78 is 0. The first-order valence-corrected chi connectivity index (χ1v) is 5.38. The molecule has 2 rings (SSSR count). The van der Waals surface area contributed by atoms with Crippen LogP contribution in [0.5, 0.6) is 0 Å². The van der Waals surface area contributed by atoms with Crippen molar-refractivity contribution in [3.8, 4) is 0 Å². The molecule has 1 aromatic carbocycles. The van der Waals surface area contributed by atoms with E-state index >= 15 is 0 Å². The summed E-state index contributed by atoms with van der Waals surface area (Å²) in [5.41, 5.74) is 1.86. The molecule has 1 N–H and O–H groups in total. The Balaban J connectivity index is 2.39. The predicted octanol–water partition coefficient (Wildman–Crippen LogP) is 2.57. The molecule has 3 nitrogen and oxygen atoms in total. The molecule has 0 atom stereocenters. The number of carbonyl (C=O) groups is 1. The van der Waals surface area contributed by atoms with Crippen molar-refractivity contribution >= 4 is 23.3 Å². The number of hydrogen-bond acceptors (Lipinski definition) is 1. The van der Waals surface area contributed by atoms with Crippen molar-refractivity contribution in [2.24, 2.45) is 0 Å². The fraction of sp³-hybridized carbons (Fsp3) is 0.364. The van der Waals surface area contributed by atoms with Crippen LogP contribution in [0.15, 0.2) is 18.2 Å². The standard InChI is InChI=1S/C11H13ClN2O/c1-8-4-2-5-9(12)10(8)14-7-3-6-13-11(14)15/h2,4-5H,3,6-7H2,1H3,(H,13,15). The number of aryl methyl sites for hydroxylation is 1. The molecule has 1 fully saturated rings. The highest BCUT2D eigenvalue weighted by Crippen LogP contribution is 2.30. The number of nitrogens with one attached hydrogen (secondary N) is 1. The number of anilines is 1. The van der Waals surface area contributed by atoms with Crippen molar-refractivity contribution in [1.82, 2.24) is 5.32 Å². The molecule has 15 heavy (non-hydrogen) atoms. The molecule has 2 amide bonds. The van der Waals surface area contributed by atoms with Crippen LogP contribution in [0.4, 0.5) is 10.5 Å². The van der Waals surface area contributed by atoms with Gasteiger partial charge >= 0.3 is 6.03 Å². The summed E-state index contributed by atoms with van der Waals surface area (Å²) in [5, 5.41) is 3.44. The average molecular weight is 225 g/mol. The third-order valence-corrected chi connectivity index (χ3v) is 2.84. The monoisotopic (exact) mass is 224 g/mol. The molecule has 1 saturated heterocycles. The van der Waals surface area contributed by atoms with E-state index in [9.17, 15) is 4.79 Å². The summed E-state index contributed by atoms with van der Waals surface area (Å²) in [6.07, 6.45) is 0.955. The molecule has 1 aromatic rings. The quantitative estimate of drug-likeness (QED) is 0.781. The van der Waals surface area contributed by atoms with E-state index in [-0.39, 0.29) is 6.03 Å². The van der Waals surface area contributed by atoms with Gasteiger partial charge < -0.3 is 5.32 Å². The van der Waals surface area contributed by atoms with Crippen molar-refractivity contribution in [1.29, 1.82) is 0 Å². The van der Waals surface area contributed by atoms with Crippen molar-refractivity contribution in [2.75, 3.05) is 18.0 Å². The largest absolute Gasteiger partial charge is 0.338 e. The molecular formula is C11H13ClN2O. The highest BCUT2D eigenvalue weighted by Gasteiger charge is 2.22. The minimum atomic E-state index is -0.0579. The van der Waals surface area contributed by atoms with Crippen LogP contribution in [0.25, 0.3) is 0 Å². The zero-order valence-corrected chi connectivity index (χ0v) is 9.34. The van der Waals surface area contributed by atoms with Gasteiger partial charge in [-0.3, -0.25) is 4.90 Å². The van der Waals surface area contributed by atoms with Gasteiger partial charge in [0.15, 0.2) is 0 Å². The van der Waals surface area contributed by atoms with Gasteiger partial charge in [-0.15, -0.1) is 0 Å². The lowest BCUT2D eigenvalue weighted by atomic mass is 10.1. The molecule has 1 aliphatic rings. The SMILES string of the molecule is Cc1cccc(Cl)c1N1CCCNC1=O. The second-order valence-electron chi connectivity index (χ2n) is 3.64. The first kappa shape index (κ1) is 10.3. The fourth-order valence-corrected chi connectivity index (χ4v) is 2.13. The lowest BCUT2D eigenvalue weighted by Crippen LogP contribution is -2.46. The first-order chi connectivity index (χ1) is 7.20. The molecule has 4 heteroatoms. The Morgan fingerprint density at radius 2 is 2.27 bits per heavy atom. The summed E-state index contributed by atoms with van der Waals surface area (Å²) in [6, 6.07) is 5.61. The van der Waals surface area contributed by atoms with Crippen LogP contribution in [0.2, 0.25) is 5.02 Å². The van der Waals surface area contributed by atoms with Gasteiger partial charge in [0.25, 0.3) is 0 Å². The van der Waals surface area contributed by atoms with Crippen LogP contribution in [-0.2, 0) is 0 Å². The Morgan fingerprint density at radius 3 is 2.93 bits per heavy atom. The highest BCUT2D eigenvalue weighted by molar-refractivity contribution is 6.34. The van der Waals surface area contributed by atoms with Gasteiger partial charge in [-0.1, -0.05) is 23.7 Å². The van der Waals surface area contributed by atoms with Crippen molar-refractivity contribution < 1.29 is 4.79 Å². The van der Waals surface area contributed by atoms with Crippen molar-refractivity contribution in [3.05, 3.63) is 28.8 Å². The summed E-state index contributed by atoms with van der Waals surface area (Å²) in [7, 11) is 0. The van der Waals surface area contributed by atoms with Gasteiger partial charge in [0.1, 0.15) is 0 Å². The van der Waals surface area contributed by atoms with Crippen LogP contribution in [0.1, 0.15) is 12.0 Å². The van der Waals surface area contributed by atoms with Gasteiger partial charge in [-0.25, -0.2) is 4.79 Å². The van der Waals surface area contributed by atoms with E-state index in [1.165, 1.54) is 0 Å². The van der Waals surface area contributed by atoms with Crippen LogP contribution >= 0.6 is 11.6 Å². The summed E-state index contributed by atoms with van der Waals surface area (Å²) in [5.74, 6) is 0. The van der Waals surface area contributed by atoms with E-state index in [1.807, 2.05) is 25.1 Å². The molecule has 1 heterocycles. The number of hydrogen-bond donors (Lipinski definition) is 1. The van der Waals surface area contributed by atoms with Gasteiger partial charge in [-0.05, 0) is 25.0 Å². The van der Waals surface area contributed by atoms with Crippen LogP contribution in [0, 0.1) is 6.92 Å². The molecule has 0 bridgehead atoms. The Morgan fingerprint density at radius 1 is 1.47 bits per heavy atom. The number of benzene rings is 1. The van der Waals surface area contributed by atoms with E-state index in [0.29, 0.717) is 5.02 Å². The molecule has 0 radical (unpaired) electrons. The molecule has 0 aliphatic carbocycles. The molecule has 0 unspecified atom stereocenters. The highest BCUT2D eigenvalue weighted by atomic mass is 35.5. The number of nitrogens with zero attached hydrogens (tertiary/aromatic N) is 1. The summed E-state index contributed by atoms with van der Waals surface area (Å²) in [4.78, 5) is 13.4.